The van der Waals surface area contributed by atoms with E-state index in [2.05, 4.69) is 58.1 Å². The average Bonchev–Trinajstić information content (AvgIpc) is 3.79. The third-order valence-electron chi connectivity index (χ3n) is 10.5. The Bertz CT molecular complexity index is 2530. The molecule has 308 valence electrons. The first kappa shape index (κ1) is 41.5. The molecule has 12 heteroatoms. The lowest BCUT2D eigenvalue weighted by Crippen LogP contribution is -2.71. The lowest BCUT2D eigenvalue weighted by atomic mass is 9.77. The number of aromatic nitrogens is 1. The number of carbonyl (C=O) groups is 3. The number of fused-ring (bicyclic) bond motifs is 1. The molecule has 2 unspecified atom stereocenters. The molecule has 0 saturated carbocycles. The van der Waals surface area contributed by atoms with E-state index in [0.29, 0.717) is 16.5 Å². The quantitative estimate of drug-likeness (QED) is 0.0201. The minimum atomic E-state index is -0.988. The number of thioether (sulfide) groups is 1. The van der Waals surface area contributed by atoms with Crippen LogP contribution in [0.4, 0.5) is 5.13 Å². The normalized spacial score (nSPS) is 16.3. The maximum atomic E-state index is 14.2. The Morgan fingerprint density at radius 3 is 1.92 bits per heavy atom. The van der Waals surface area contributed by atoms with Gasteiger partial charge in [-0.2, -0.15) is 0 Å². The van der Waals surface area contributed by atoms with E-state index in [1.807, 2.05) is 134 Å². The fourth-order valence-electron chi connectivity index (χ4n) is 7.64. The highest BCUT2D eigenvalue weighted by molar-refractivity contribution is 8.00. The van der Waals surface area contributed by atoms with Crippen molar-refractivity contribution in [2.75, 3.05) is 17.7 Å². The molecule has 5 aromatic carbocycles. The van der Waals surface area contributed by atoms with Crippen molar-refractivity contribution in [3.8, 4) is 12.3 Å². The summed E-state index contributed by atoms with van der Waals surface area (Å²) in [5.41, 5.74) is 4.44. The number of amides is 2. The molecule has 62 heavy (non-hydrogen) atoms. The number of β-lactam (4-membered cyclic amide) rings is 1. The lowest BCUT2D eigenvalue weighted by molar-refractivity contribution is -0.154. The molecule has 0 aliphatic carbocycles. The molecule has 1 aromatic heterocycles. The number of rotatable bonds is 15. The summed E-state index contributed by atoms with van der Waals surface area (Å²) in [6.07, 6.45) is 8.38. The second-order valence-electron chi connectivity index (χ2n) is 14.3. The maximum absolute atomic E-state index is 14.2. The zero-order chi connectivity index (χ0) is 42.9. The average molecular weight is 856 g/mol. The Balaban J connectivity index is 1.06. The van der Waals surface area contributed by atoms with Gasteiger partial charge in [0, 0.05) is 11.1 Å². The minimum absolute atomic E-state index is 0.138. The third-order valence-corrected chi connectivity index (χ3v) is 12.5. The zero-order valence-corrected chi connectivity index (χ0v) is 35.2. The number of terminal acetylenes is 1. The van der Waals surface area contributed by atoms with Crippen molar-refractivity contribution in [2.24, 2.45) is 5.16 Å². The minimum Gasteiger partial charge on any atom is -0.448 e. The van der Waals surface area contributed by atoms with Gasteiger partial charge in [0.1, 0.15) is 28.3 Å². The molecular weight excluding hydrogens is 815 g/mol. The Morgan fingerprint density at radius 2 is 1.40 bits per heavy atom. The summed E-state index contributed by atoms with van der Waals surface area (Å²) in [5.74, 6) is 0.951. The number of esters is 1. The molecule has 1 fully saturated rings. The van der Waals surface area contributed by atoms with Crippen LogP contribution in [0, 0.1) is 12.3 Å². The van der Waals surface area contributed by atoms with Crippen LogP contribution in [0.15, 0.2) is 186 Å². The van der Waals surface area contributed by atoms with Crippen LogP contribution in [0.5, 0.6) is 0 Å². The van der Waals surface area contributed by atoms with Crippen LogP contribution >= 0.6 is 23.1 Å². The van der Waals surface area contributed by atoms with Crippen molar-refractivity contribution in [3.63, 3.8) is 0 Å². The van der Waals surface area contributed by atoms with Crippen LogP contribution in [0.25, 0.3) is 0 Å². The van der Waals surface area contributed by atoms with E-state index in [9.17, 15) is 14.4 Å². The SMILES string of the molecule is C#CCO/N=C(\C(=O)NC1C(=O)N2C(C(=O)OC(c3ccccc3)c3ccccc3)=C(/C=C\C)CSC12)c1csc(NC(c2ccccc2)(c2ccccc2)c2ccccc2)n1. The van der Waals surface area contributed by atoms with Crippen LogP contribution in [0.2, 0.25) is 0 Å². The summed E-state index contributed by atoms with van der Waals surface area (Å²) in [4.78, 5) is 54.3. The standard InChI is InChI=1S/C50H41N5O5S2/c1-3-20-36-32-61-47-42(46(57)55(47)43(36)48(58)60-44(34-21-10-5-11-22-34)35-23-12-6-13-24-35)52-45(56)41(54-59-31-4-2)40-33-62-49(51-40)53-50(37-25-14-7-15-26-37,38-27-16-8-17-28-38)39-29-18-9-19-30-39/h2-3,5-30,33,42,44,47H,31-32H2,1H3,(H,51,53)(H,52,56)/b20-3-,54-41-. The topological polar surface area (TPSA) is 122 Å². The van der Waals surface area contributed by atoms with Crippen molar-refractivity contribution in [2.45, 2.75) is 30.0 Å². The second-order valence-corrected chi connectivity index (χ2v) is 16.2. The third kappa shape index (κ3) is 8.41. The van der Waals surface area contributed by atoms with Crippen molar-refractivity contribution in [1.82, 2.24) is 15.2 Å². The molecule has 2 atom stereocenters. The van der Waals surface area contributed by atoms with Gasteiger partial charge >= 0.3 is 5.97 Å². The fourth-order valence-corrected chi connectivity index (χ4v) is 9.71. The summed E-state index contributed by atoms with van der Waals surface area (Å²) in [5, 5.41) is 12.3. The van der Waals surface area contributed by atoms with Gasteiger partial charge in [-0.05, 0) is 40.3 Å². The van der Waals surface area contributed by atoms with Gasteiger partial charge in [0.15, 0.2) is 23.6 Å². The van der Waals surface area contributed by atoms with Gasteiger partial charge in [-0.1, -0.05) is 175 Å². The number of oxime groups is 1. The summed E-state index contributed by atoms with van der Waals surface area (Å²) < 4.78 is 6.24. The summed E-state index contributed by atoms with van der Waals surface area (Å²) in [7, 11) is 0. The van der Waals surface area contributed by atoms with E-state index >= 15 is 0 Å². The highest BCUT2D eigenvalue weighted by atomic mass is 32.2. The maximum Gasteiger partial charge on any atom is 0.356 e. The van der Waals surface area contributed by atoms with Crippen LogP contribution in [-0.4, -0.2) is 57.2 Å². The number of anilines is 1. The van der Waals surface area contributed by atoms with Crippen molar-refractivity contribution < 1.29 is 24.0 Å². The predicted octanol–water partition coefficient (Wildman–Crippen LogP) is 8.46. The molecule has 2 aliphatic heterocycles. The molecule has 0 bridgehead atoms. The first-order chi connectivity index (χ1) is 30.4. The van der Waals surface area contributed by atoms with E-state index in [1.165, 1.54) is 28.0 Å². The molecule has 0 spiro atoms. The zero-order valence-electron chi connectivity index (χ0n) is 33.6. The summed E-state index contributed by atoms with van der Waals surface area (Å²) in [6, 6.07) is 48.1. The lowest BCUT2D eigenvalue weighted by Gasteiger charge is -2.49. The molecule has 2 aliphatic rings. The number of ether oxygens (including phenoxy) is 1. The summed E-state index contributed by atoms with van der Waals surface area (Å²) >= 11 is 2.72. The molecule has 0 radical (unpaired) electrons. The van der Waals surface area contributed by atoms with Gasteiger partial charge in [-0.3, -0.25) is 14.5 Å². The van der Waals surface area contributed by atoms with Crippen LogP contribution in [0.1, 0.15) is 46.5 Å². The van der Waals surface area contributed by atoms with Crippen LogP contribution in [-0.2, 0) is 29.5 Å². The van der Waals surface area contributed by atoms with E-state index in [4.69, 9.17) is 21.0 Å². The monoisotopic (exact) mass is 855 g/mol. The molecule has 1 saturated heterocycles. The number of nitrogens with one attached hydrogen (secondary N) is 2. The Labute approximate surface area is 368 Å². The summed E-state index contributed by atoms with van der Waals surface area (Å²) in [6.45, 7) is 1.65. The largest absolute Gasteiger partial charge is 0.448 e. The van der Waals surface area contributed by atoms with Crippen LogP contribution < -0.4 is 10.6 Å². The Kier molecular flexibility index (Phi) is 12.7. The smallest absolute Gasteiger partial charge is 0.356 e. The van der Waals surface area contributed by atoms with Crippen molar-refractivity contribution in [1.29, 1.82) is 0 Å². The first-order valence-corrected chi connectivity index (χ1v) is 21.8. The van der Waals surface area contributed by atoms with E-state index in [-0.39, 0.29) is 23.7 Å². The fraction of sp³-hybridized carbons (Fsp3) is 0.140. The van der Waals surface area contributed by atoms with Gasteiger partial charge in [-0.25, -0.2) is 9.78 Å². The Morgan fingerprint density at radius 1 is 0.871 bits per heavy atom. The molecule has 2 amide bonds. The molecule has 3 heterocycles. The highest BCUT2D eigenvalue weighted by Crippen LogP contribution is 2.43. The number of nitrogens with zero attached hydrogens (tertiary/aromatic N) is 3. The molecule has 8 rings (SSSR count). The first-order valence-electron chi connectivity index (χ1n) is 19.9. The molecular formula is C50H41N5O5S2. The molecule has 10 nitrogen and oxygen atoms in total. The van der Waals surface area contributed by atoms with Gasteiger partial charge in [0.05, 0.1) is 0 Å². The van der Waals surface area contributed by atoms with Crippen molar-refractivity contribution >= 4 is 51.7 Å². The number of hydrogen-bond donors (Lipinski definition) is 2. The van der Waals surface area contributed by atoms with Gasteiger partial charge in [0.25, 0.3) is 11.8 Å². The number of allylic oxidation sites excluding steroid dienone is 2. The van der Waals surface area contributed by atoms with E-state index in [1.54, 1.807) is 5.38 Å². The highest BCUT2D eigenvalue weighted by Gasteiger charge is 2.55. The molecule has 6 aromatic rings. The van der Waals surface area contributed by atoms with Crippen molar-refractivity contribution in [3.05, 3.63) is 214 Å². The van der Waals surface area contributed by atoms with Gasteiger partial charge in [-0.15, -0.1) is 29.5 Å². The van der Waals surface area contributed by atoms with Gasteiger partial charge in [0.2, 0.25) is 0 Å². The van der Waals surface area contributed by atoms with E-state index in [0.717, 1.165) is 27.8 Å². The molecule has 2 N–H and O–H groups in total. The predicted molar refractivity (Wildman–Crippen MR) is 244 cm³/mol. The van der Waals surface area contributed by atoms with E-state index < -0.39 is 40.8 Å². The number of thiazole rings is 1. The Hall–Kier alpha value is -7.20. The van der Waals surface area contributed by atoms with Crippen LogP contribution in [0.3, 0.4) is 0 Å². The number of hydrogen-bond acceptors (Lipinski definition) is 10. The van der Waals surface area contributed by atoms with Gasteiger partial charge < -0.3 is 20.2 Å². The second kappa shape index (κ2) is 19.0. The number of carbonyl (C=O) groups excluding carboxylic acids is 3. The number of benzene rings is 5.